The fourth-order valence-electron chi connectivity index (χ4n) is 5.82. The van der Waals surface area contributed by atoms with Gasteiger partial charge in [0.15, 0.2) is 0 Å². The van der Waals surface area contributed by atoms with E-state index in [-0.39, 0.29) is 49.0 Å². The number of aliphatic hydroxyl groups is 2. The fraction of sp³-hybridized carbons (Fsp3) is 0.536. The molecule has 1 aliphatic carbocycles. The number of carbonyl (C=O) groups is 1. The van der Waals surface area contributed by atoms with Crippen LogP contribution < -0.4 is 5.73 Å². The number of carboxylic acid groups (broad SMARTS) is 1. The van der Waals surface area contributed by atoms with Crippen molar-refractivity contribution in [3.05, 3.63) is 60.2 Å². The Morgan fingerprint density at radius 2 is 1.74 bits per heavy atom. The number of nitrogens with zero attached hydrogens (tertiary/aromatic N) is 2. The second kappa shape index (κ2) is 12.2. The highest BCUT2D eigenvalue weighted by Gasteiger charge is 2.49. The van der Waals surface area contributed by atoms with Crippen molar-refractivity contribution in [3.63, 3.8) is 0 Å². The van der Waals surface area contributed by atoms with E-state index >= 15 is 0 Å². The first kappa shape index (κ1) is 29.3. The number of nitrogens with two attached hydrogens (primary N) is 1. The van der Waals surface area contributed by atoms with Crippen molar-refractivity contribution in [2.75, 3.05) is 25.4 Å². The molecule has 2 aliphatic rings. The molecule has 39 heavy (non-hydrogen) atoms. The van der Waals surface area contributed by atoms with E-state index < -0.39 is 40.4 Å². The maximum Gasteiger partial charge on any atom is 0.407 e. The molecule has 0 unspecified atom stereocenters. The summed E-state index contributed by atoms with van der Waals surface area (Å²) in [5.74, 6) is -0.216. The molecule has 0 bridgehead atoms. The first-order valence-electron chi connectivity index (χ1n) is 13.4. The molecule has 1 aliphatic heterocycles. The summed E-state index contributed by atoms with van der Waals surface area (Å²) in [5.41, 5.74) is 7.00. The van der Waals surface area contributed by atoms with Gasteiger partial charge in [-0.2, -0.15) is 4.31 Å². The van der Waals surface area contributed by atoms with E-state index in [0.717, 1.165) is 5.56 Å². The van der Waals surface area contributed by atoms with Crippen LogP contribution in [0.5, 0.6) is 0 Å². The highest BCUT2D eigenvalue weighted by molar-refractivity contribution is 7.89. The van der Waals surface area contributed by atoms with Crippen molar-refractivity contribution in [2.24, 2.45) is 11.8 Å². The second-order valence-corrected chi connectivity index (χ2v) is 13.0. The topological polar surface area (TPSA) is 154 Å². The summed E-state index contributed by atoms with van der Waals surface area (Å²) < 4.78 is 34.2. The van der Waals surface area contributed by atoms with E-state index in [1.807, 2.05) is 44.2 Å². The summed E-state index contributed by atoms with van der Waals surface area (Å²) >= 11 is 0. The molecule has 1 amide bonds. The quantitative estimate of drug-likeness (QED) is 0.305. The highest BCUT2D eigenvalue weighted by atomic mass is 32.2. The minimum absolute atomic E-state index is 0.0447. The number of amides is 1. The van der Waals surface area contributed by atoms with Crippen LogP contribution in [0.15, 0.2) is 59.5 Å². The third-order valence-electron chi connectivity index (χ3n) is 7.68. The molecule has 5 N–H and O–H groups in total. The van der Waals surface area contributed by atoms with E-state index in [0.29, 0.717) is 18.5 Å². The molecule has 11 heteroatoms. The number of ether oxygens (including phenoxy) is 1. The van der Waals surface area contributed by atoms with Crippen LogP contribution in [0.25, 0.3) is 0 Å². The summed E-state index contributed by atoms with van der Waals surface area (Å²) in [6.07, 6.45) is -2.41. The number of hydrogen-bond donors (Lipinski definition) is 4. The molecule has 4 rings (SSSR count). The van der Waals surface area contributed by atoms with Gasteiger partial charge in [-0.1, -0.05) is 44.2 Å². The predicted octanol–water partition coefficient (Wildman–Crippen LogP) is 2.41. The molecule has 0 radical (unpaired) electrons. The summed E-state index contributed by atoms with van der Waals surface area (Å²) in [4.78, 5) is 14.0. The first-order chi connectivity index (χ1) is 18.5. The minimum atomic E-state index is -4.00. The van der Waals surface area contributed by atoms with Crippen LogP contribution in [-0.2, 0) is 21.2 Å². The van der Waals surface area contributed by atoms with Crippen LogP contribution in [0.4, 0.5) is 10.5 Å². The average molecular weight is 562 g/mol. The zero-order valence-electron chi connectivity index (χ0n) is 22.3. The van der Waals surface area contributed by atoms with Crippen molar-refractivity contribution in [2.45, 2.75) is 68.4 Å². The van der Waals surface area contributed by atoms with E-state index in [1.165, 1.54) is 33.5 Å². The molecular formula is C28H39N3O7S. The van der Waals surface area contributed by atoms with Gasteiger partial charge in [-0.05, 0) is 55.0 Å². The maximum absolute atomic E-state index is 13.6. The number of benzene rings is 2. The number of rotatable bonds is 11. The number of anilines is 1. The molecule has 2 aromatic rings. The van der Waals surface area contributed by atoms with E-state index in [9.17, 15) is 28.5 Å². The molecule has 6 atom stereocenters. The van der Waals surface area contributed by atoms with Gasteiger partial charge in [-0.15, -0.1) is 0 Å². The molecular weight excluding hydrogens is 522 g/mol. The third kappa shape index (κ3) is 6.72. The zero-order valence-corrected chi connectivity index (χ0v) is 23.2. The van der Waals surface area contributed by atoms with Crippen LogP contribution in [0.3, 0.4) is 0 Å². The van der Waals surface area contributed by atoms with Crippen molar-refractivity contribution in [1.29, 1.82) is 0 Å². The Morgan fingerprint density at radius 3 is 2.33 bits per heavy atom. The molecule has 2 aromatic carbocycles. The van der Waals surface area contributed by atoms with Gasteiger partial charge in [0.25, 0.3) is 0 Å². The Morgan fingerprint density at radius 1 is 1.08 bits per heavy atom. The SMILES string of the molecule is CC(C)CN(C[C@@H](O)[C@H](Cc1ccccc1)N(C(=O)O)[C@@H]1C[C@@H]2[C@H](O)CO[C@@H]2C1)S(=O)(=O)c1ccc(N)cc1. The maximum atomic E-state index is 13.6. The number of aliphatic hydroxyl groups excluding tert-OH is 2. The third-order valence-corrected chi connectivity index (χ3v) is 9.53. The van der Waals surface area contributed by atoms with Crippen molar-refractivity contribution < 1.29 is 33.3 Å². The van der Waals surface area contributed by atoms with E-state index in [1.54, 1.807) is 0 Å². The predicted molar refractivity (Wildman–Crippen MR) is 147 cm³/mol. The number of fused-ring (bicyclic) bond motifs is 1. The summed E-state index contributed by atoms with van der Waals surface area (Å²) in [6, 6.07) is 13.7. The normalized spacial score (nSPS) is 24.6. The lowest BCUT2D eigenvalue weighted by molar-refractivity contribution is 0.00985. The number of sulfonamides is 1. The lowest BCUT2D eigenvalue weighted by atomic mass is 9.96. The van der Waals surface area contributed by atoms with Crippen molar-refractivity contribution >= 4 is 21.8 Å². The standard InChI is InChI=1S/C28H39N3O7S/c1-18(2)15-30(39(36,37)22-10-8-20(29)9-11-22)16-25(32)24(12-19-6-4-3-5-7-19)31(28(34)35)21-13-23-26(33)17-38-27(23)14-21/h3-11,18,21,23-27,32-33H,12-17,29H2,1-2H3,(H,34,35)/t21-,23-,24+,25-,26-,27-/m1/s1. The molecule has 10 nitrogen and oxygen atoms in total. The highest BCUT2D eigenvalue weighted by Crippen LogP contribution is 2.40. The molecule has 1 saturated heterocycles. The molecule has 1 heterocycles. The molecule has 0 aromatic heterocycles. The van der Waals surface area contributed by atoms with E-state index in [2.05, 4.69) is 0 Å². The zero-order chi connectivity index (χ0) is 28.3. The van der Waals surface area contributed by atoms with Gasteiger partial charge in [-0.3, -0.25) is 4.90 Å². The molecule has 214 valence electrons. The summed E-state index contributed by atoms with van der Waals surface area (Å²) in [7, 11) is -4.00. The average Bonchev–Trinajstić information content (AvgIpc) is 3.45. The lowest BCUT2D eigenvalue weighted by Gasteiger charge is -2.39. The van der Waals surface area contributed by atoms with Crippen LogP contribution in [-0.4, -0.2) is 89.1 Å². The first-order valence-corrected chi connectivity index (χ1v) is 14.8. The molecule has 2 fully saturated rings. The largest absolute Gasteiger partial charge is 0.465 e. The number of hydrogen-bond acceptors (Lipinski definition) is 7. The lowest BCUT2D eigenvalue weighted by Crippen LogP contribution is -2.55. The Kier molecular flexibility index (Phi) is 9.18. The Bertz CT molecular complexity index is 1210. The monoisotopic (exact) mass is 561 g/mol. The van der Waals surface area contributed by atoms with Gasteiger partial charge >= 0.3 is 6.09 Å². The van der Waals surface area contributed by atoms with Gasteiger partial charge in [0.1, 0.15) is 0 Å². The van der Waals surface area contributed by atoms with Crippen molar-refractivity contribution in [1.82, 2.24) is 9.21 Å². The molecule has 0 spiro atoms. The van der Waals surface area contributed by atoms with Gasteiger partial charge in [0, 0.05) is 30.7 Å². The second-order valence-electron chi connectivity index (χ2n) is 11.0. The fourth-order valence-corrected chi connectivity index (χ4v) is 7.44. The van der Waals surface area contributed by atoms with Crippen LogP contribution in [0, 0.1) is 11.8 Å². The molecule has 1 saturated carbocycles. The van der Waals surface area contributed by atoms with E-state index in [4.69, 9.17) is 10.5 Å². The van der Waals surface area contributed by atoms with Gasteiger partial charge in [-0.25, -0.2) is 13.2 Å². The van der Waals surface area contributed by atoms with Crippen LogP contribution in [0.1, 0.15) is 32.3 Å². The van der Waals surface area contributed by atoms with Gasteiger partial charge in [0.05, 0.1) is 35.9 Å². The van der Waals surface area contributed by atoms with Crippen LogP contribution >= 0.6 is 0 Å². The minimum Gasteiger partial charge on any atom is -0.465 e. The van der Waals surface area contributed by atoms with Gasteiger partial charge in [0.2, 0.25) is 10.0 Å². The Hall–Kier alpha value is -2.70. The number of nitrogen functional groups attached to an aromatic ring is 1. The smallest absolute Gasteiger partial charge is 0.407 e. The Labute approximate surface area is 230 Å². The Balaban J connectivity index is 1.65. The van der Waals surface area contributed by atoms with Gasteiger partial charge < -0.3 is 25.8 Å². The summed E-state index contributed by atoms with van der Waals surface area (Å²) in [6.45, 7) is 3.85. The summed E-state index contributed by atoms with van der Waals surface area (Å²) in [5, 5.41) is 32.3. The van der Waals surface area contributed by atoms with Crippen molar-refractivity contribution in [3.8, 4) is 0 Å². The van der Waals surface area contributed by atoms with Crippen LogP contribution in [0.2, 0.25) is 0 Å².